The largest absolute Gasteiger partial charge is 0.339 e. The first kappa shape index (κ1) is 24.8. The summed E-state index contributed by atoms with van der Waals surface area (Å²) in [6, 6.07) is 11.3. The molecule has 0 aliphatic heterocycles. The van der Waals surface area contributed by atoms with Crippen molar-refractivity contribution in [3.8, 4) is 0 Å². The SMILES string of the molecule is CCN(CC)C(=O)c1cccc(NC(=O)[C@H](NS(=O)(=O)c2ccc(Cl)cc2)C(C)C)c1. The van der Waals surface area contributed by atoms with Crippen molar-refractivity contribution in [2.45, 2.75) is 38.6 Å². The summed E-state index contributed by atoms with van der Waals surface area (Å²) in [5, 5.41) is 3.13. The average Bonchev–Trinajstić information content (AvgIpc) is 2.73. The highest BCUT2D eigenvalue weighted by Gasteiger charge is 2.28. The second-order valence-electron chi connectivity index (χ2n) is 7.34. The van der Waals surface area contributed by atoms with E-state index in [0.717, 1.165) is 0 Å². The van der Waals surface area contributed by atoms with E-state index in [9.17, 15) is 18.0 Å². The zero-order chi connectivity index (χ0) is 23.2. The van der Waals surface area contributed by atoms with Crippen LogP contribution in [-0.2, 0) is 14.8 Å². The highest BCUT2D eigenvalue weighted by molar-refractivity contribution is 7.89. The van der Waals surface area contributed by atoms with E-state index in [-0.39, 0.29) is 16.7 Å². The predicted octanol–water partition coefficient (Wildman–Crippen LogP) is 3.76. The Hall–Kier alpha value is -2.42. The Morgan fingerprint density at radius 3 is 2.19 bits per heavy atom. The van der Waals surface area contributed by atoms with Crippen LogP contribution in [0.25, 0.3) is 0 Å². The third-order valence-electron chi connectivity index (χ3n) is 4.78. The van der Waals surface area contributed by atoms with E-state index in [1.807, 2.05) is 13.8 Å². The van der Waals surface area contributed by atoms with Crippen molar-refractivity contribution in [3.05, 3.63) is 59.1 Å². The van der Waals surface area contributed by atoms with Crippen LogP contribution in [0.4, 0.5) is 5.69 Å². The van der Waals surface area contributed by atoms with Gasteiger partial charge in [-0.15, -0.1) is 0 Å². The van der Waals surface area contributed by atoms with E-state index >= 15 is 0 Å². The zero-order valence-electron chi connectivity index (χ0n) is 18.1. The maximum atomic E-state index is 12.9. The molecule has 31 heavy (non-hydrogen) atoms. The van der Waals surface area contributed by atoms with Gasteiger partial charge in [-0.2, -0.15) is 4.72 Å². The van der Waals surface area contributed by atoms with E-state index in [1.165, 1.54) is 24.3 Å². The Morgan fingerprint density at radius 1 is 1.03 bits per heavy atom. The van der Waals surface area contributed by atoms with Gasteiger partial charge in [0, 0.05) is 29.4 Å². The van der Waals surface area contributed by atoms with Gasteiger partial charge in [0.15, 0.2) is 0 Å². The van der Waals surface area contributed by atoms with Crippen LogP contribution in [0.5, 0.6) is 0 Å². The second kappa shape index (κ2) is 10.7. The normalized spacial score (nSPS) is 12.5. The highest BCUT2D eigenvalue weighted by Crippen LogP contribution is 2.18. The van der Waals surface area contributed by atoms with E-state index < -0.39 is 22.0 Å². The molecule has 1 atom stereocenters. The molecule has 0 fully saturated rings. The van der Waals surface area contributed by atoms with Crippen molar-refractivity contribution in [1.82, 2.24) is 9.62 Å². The molecular weight excluding hydrogens is 438 g/mol. The second-order valence-corrected chi connectivity index (χ2v) is 9.49. The number of carbonyl (C=O) groups excluding carboxylic acids is 2. The average molecular weight is 466 g/mol. The van der Waals surface area contributed by atoms with Crippen molar-refractivity contribution in [1.29, 1.82) is 0 Å². The number of nitrogens with zero attached hydrogens (tertiary/aromatic N) is 1. The summed E-state index contributed by atoms with van der Waals surface area (Å²) in [4.78, 5) is 27.2. The molecule has 2 aromatic carbocycles. The van der Waals surface area contributed by atoms with E-state index in [0.29, 0.717) is 29.4 Å². The summed E-state index contributed by atoms with van der Waals surface area (Å²) in [5.74, 6) is -0.965. The van der Waals surface area contributed by atoms with Crippen LogP contribution in [0.3, 0.4) is 0 Å². The number of halogens is 1. The fourth-order valence-corrected chi connectivity index (χ4v) is 4.45. The molecule has 7 nitrogen and oxygen atoms in total. The van der Waals surface area contributed by atoms with Crippen molar-refractivity contribution in [2.24, 2.45) is 5.92 Å². The number of anilines is 1. The minimum Gasteiger partial charge on any atom is -0.339 e. The Bertz CT molecular complexity index is 1020. The minimum absolute atomic E-state index is 0.0159. The number of sulfonamides is 1. The van der Waals surface area contributed by atoms with Crippen LogP contribution in [0.2, 0.25) is 5.02 Å². The number of carbonyl (C=O) groups is 2. The highest BCUT2D eigenvalue weighted by atomic mass is 35.5. The molecule has 0 bridgehead atoms. The summed E-state index contributed by atoms with van der Waals surface area (Å²) in [6.45, 7) is 8.44. The van der Waals surface area contributed by atoms with Crippen molar-refractivity contribution < 1.29 is 18.0 Å². The van der Waals surface area contributed by atoms with Gasteiger partial charge >= 0.3 is 0 Å². The van der Waals surface area contributed by atoms with Crippen molar-refractivity contribution in [3.63, 3.8) is 0 Å². The van der Waals surface area contributed by atoms with Gasteiger partial charge in [0.25, 0.3) is 5.91 Å². The standard InChI is InChI=1S/C22H28ClN3O4S/c1-5-26(6-2)22(28)16-8-7-9-18(14-16)24-21(27)20(15(3)4)25-31(29,30)19-12-10-17(23)11-13-19/h7-15,20,25H,5-6H2,1-4H3,(H,24,27)/t20-/m1/s1. The van der Waals surface area contributed by atoms with E-state index in [2.05, 4.69) is 10.0 Å². The van der Waals surface area contributed by atoms with Gasteiger partial charge in [-0.1, -0.05) is 31.5 Å². The first-order chi connectivity index (χ1) is 14.6. The molecule has 2 N–H and O–H groups in total. The molecule has 2 aromatic rings. The Balaban J connectivity index is 2.20. The number of hydrogen-bond acceptors (Lipinski definition) is 4. The fraction of sp³-hybridized carbons (Fsp3) is 0.364. The molecule has 0 radical (unpaired) electrons. The van der Waals surface area contributed by atoms with E-state index in [1.54, 1.807) is 43.0 Å². The summed E-state index contributed by atoms with van der Waals surface area (Å²) < 4.78 is 27.9. The molecule has 0 saturated heterocycles. The van der Waals surface area contributed by atoms with E-state index in [4.69, 9.17) is 11.6 Å². The molecule has 0 heterocycles. The van der Waals surface area contributed by atoms with Gasteiger partial charge < -0.3 is 10.2 Å². The number of rotatable bonds is 9. The summed E-state index contributed by atoms with van der Waals surface area (Å²) in [7, 11) is -3.93. The Kier molecular flexibility index (Phi) is 8.61. The van der Waals surface area contributed by atoms with Gasteiger partial charge in [-0.05, 0) is 62.2 Å². The molecule has 0 aliphatic rings. The fourth-order valence-electron chi connectivity index (χ4n) is 2.98. The number of amides is 2. The number of hydrogen-bond donors (Lipinski definition) is 2. The lowest BCUT2D eigenvalue weighted by Crippen LogP contribution is -2.47. The lowest BCUT2D eigenvalue weighted by Gasteiger charge is -2.22. The minimum atomic E-state index is -3.93. The topological polar surface area (TPSA) is 95.6 Å². The monoisotopic (exact) mass is 465 g/mol. The van der Waals surface area contributed by atoms with Gasteiger partial charge in [-0.25, -0.2) is 8.42 Å². The van der Waals surface area contributed by atoms with Gasteiger partial charge in [0.2, 0.25) is 15.9 Å². The summed E-state index contributed by atoms with van der Waals surface area (Å²) >= 11 is 5.83. The summed E-state index contributed by atoms with van der Waals surface area (Å²) in [5.41, 5.74) is 0.865. The molecule has 2 rings (SSSR count). The lowest BCUT2D eigenvalue weighted by atomic mass is 10.0. The van der Waals surface area contributed by atoms with Crippen molar-refractivity contribution >= 4 is 39.1 Å². The maximum Gasteiger partial charge on any atom is 0.253 e. The third kappa shape index (κ3) is 6.53. The lowest BCUT2D eigenvalue weighted by molar-refractivity contribution is -0.118. The molecule has 0 spiro atoms. The third-order valence-corrected chi connectivity index (χ3v) is 6.49. The quantitative estimate of drug-likeness (QED) is 0.589. The van der Waals surface area contributed by atoms with Gasteiger partial charge in [0.05, 0.1) is 4.90 Å². The van der Waals surface area contributed by atoms with Gasteiger partial charge in [0.1, 0.15) is 6.04 Å². The maximum absolute atomic E-state index is 12.9. The van der Waals surface area contributed by atoms with Crippen LogP contribution in [0.15, 0.2) is 53.4 Å². The molecule has 9 heteroatoms. The number of benzene rings is 2. The molecule has 168 valence electrons. The smallest absolute Gasteiger partial charge is 0.253 e. The van der Waals surface area contributed by atoms with Crippen LogP contribution in [0, 0.1) is 5.92 Å². The molecule has 0 aliphatic carbocycles. The van der Waals surface area contributed by atoms with Crippen molar-refractivity contribution in [2.75, 3.05) is 18.4 Å². The molecule has 0 unspecified atom stereocenters. The molecule has 2 amide bonds. The molecular formula is C22H28ClN3O4S. The number of nitrogens with one attached hydrogen (secondary N) is 2. The Labute approximate surface area is 188 Å². The van der Waals surface area contributed by atoms with Crippen LogP contribution >= 0.6 is 11.6 Å². The first-order valence-electron chi connectivity index (χ1n) is 10.1. The predicted molar refractivity (Wildman–Crippen MR) is 123 cm³/mol. The Morgan fingerprint density at radius 2 is 1.65 bits per heavy atom. The molecule has 0 saturated carbocycles. The van der Waals surface area contributed by atoms with Crippen LogP contribution in [-0.4, -0.2) is 44.3 Å². The van der Waals surface area contributed by atoms with Gasteiger partial charge in [-0.3, -0.25) is 9.59 Å². The zero-order valence-corrected chi connectivity index (χ0v) is 19.6. The van der Waals surface area contributed by atoms with Crippen LogP contribution < -0.4 is 10.0 Å². The van der Waals surface area contributed by atoms with Crippen LogP contribution in [0.1, 0.15) is 38.1 Å². The molecule has 0 aromatic heterocycles. The summed E-state index contributed by atoms with van der Waals surface area (Å²) in [6.07, 6.45) is 0. The first-order valence-corrected chi connectivity index (χ1v) is 11.9.